The number of benzene rings is 1. The minimum atomic E-state index is -0.351. The SMILES string of the molecule is Cc1cc(C)c(C(=O)[C@H](C)Sc2nnc(C3CC3)n2CCC(N)=O)cc1C. The Bertz CT molecular complexity index is 886. The molecule has 6 nitrogen and oxygen atoms in total. The smallest absolute Gasteiger partial charge is 0.219 e. The number of carbonyl (C=O) groups excluding carboxylic acids is 2. The van der Waals surface area contributed by atoms with E-state index in [1.807, 2.05) is 31.4 Å². The molecule has 1 amide bonds. The topological polar surface area (TPSA) is 90.9 Å². The summed E-state index contributed by atoms with van der Waals surface area (Å²) in [6.07, 6.45) is 2.43. The highest BCUT2D eigenvalue weighted by Gasteiger charge is 2.31. The zero-order valence-electron chi connectivity index (χ0n) is 16.3. The van der Waals surface area contributed by atoms with Gasteiger partial charge in [0.15, 0.2) is 10.9 Å². The van der Waals surface area contributed by atoms with Crippen LogP contribution in [0.15, 0.2) is 17.3 Å². The highest BCUT2D eigenvalue weighted by Crippen LogP contribution is 2.40. The first-order valence-electron chi connectivity index (χ1n) is 9.28. The van der Waals surface area contributed by atoms with Crippen LogP contribution in [-0.4, -0.2) is 31.7 Å². The van der Waals surface area contributed by atoms with E-state index in [9.17, 15) is 9.59 Å². The number of nitrogens with two attached hydrogens (primary N) is 1. The molecule has 0 radical (unpaired) electrons. The van der Waals surface area contributed by atoms with E-state index in [1.54, 1.807) is 0 Å². The number of carbonyl (C=O) groups is 2. The van der Waals surface area contributed by atoms with Crippen LogP contribution in [0.4, 0.5) is 0 Å². The van der Waals surface area contributed by atoms with Crippen molar-refractivity contribution < 1.29 is 9.59 Å². The number of nitrogens with zero attached hydrogens (tertiary/aromatic N) is 3. The predicted octanol–water partition coefficient (Wildman–Crippen LogP) is 3.32. The zero-order valence-corrected chi connectivity index (χ0v) is 17.1. The van der Waals surface area contributed by atoms with Gasteiger partial charge in [-0.25, -0.2) is 0 Å². The van der Waals surface area contributed by atoms with Crippen molar-refractivity contribution in [2.24, 2.45) is 5.73 Å². The summed E-state index contributed by atoms with van der Waals surface area (Å²) in [5, 5.41) is 8.99. The molecule has 3 rings (SSSR count). The minimum Gasteiger partial charge on any atom is -0.370 e. The summed E-state index contributed by atoms with van der Waals surface area (Å²) in [6.45, 7) is 8.39. The van der Waals surface area contributed by atoms with Gasteiger partial charge in [0.05, 0.1) is 5.25 Å². The molecule has 1 fully saturated rings. The van der Waals surface area contributed by atoms with Gasteiger partial charge in [-0.1, -0.05) is 17.8 Å². The van der Waals surface area contributed by atoms with Crippen LogP contribution in [0, 0.1) is 20.8 Å². The van der Waals surface area contributed by atoms with E-state index in [-0.39, 0.29) is 23.4 Å². The molecule has 0 unspecified atom stereocenters. The Hall–Kier alpha value is -2.15. The minimum absolute atomic E-state index is 0.0815. The molecular weight excluding hydrogens is 360 g/mol. The van der Waals surface area contributed by atoms with Gasteiger partial charge in [0.25, 0.3) is 0 Å². The second-order valence-corrected chi connectivity index (χ2v) is 8.67. The monoisotopic (exact) mass is 386 g/mol. The summed E-state index contributed by atoms with van der Waals surface area (Å²) in [5.41, 5.74) is 9.36. The van der Waals surface area contributed by atoms with Gasteiger partial charge < -0.3 is 10.3 Å². The molecule has 1 aliphatic rings. The third-order valence-corrected chi connectivity index (χ3v) is 6.11. The van der Waals surface area contributed by atoms with Crippen molar-refractivity contribution in [3.05, 3.63) is 40.2 Å². The van der Waals surface area contributed by atoms with Gasteiger partial charge in [0, 0.05) is 24.4 Å². The summed E-state index contributed by atoms with van der Waals surface area (Å²) in [7, 11) is 0. The van der Waals surface area contributed by atoms with Crippen LogP contribution in [-0.2, 0) is 11.3 Å². The molecule has 144 valence electrons. The van der Waals surface area contributed by atoms with Crippen molar-refractivity contribution in [2.45, 2.75) is 69.8 Å². The maximum absolute atomic E-state index is 13.0. The summed E-state index contributed by atoms with van der Waals surface area (Å²) in [6, 6.07) is 4.03. The van der Waals surface area contributed by atoms with Crippen LogP contribution in [0.5, 0.6) is 0 Å². The molecule has 1 atom stereocenters. The van der Waals surface area contributed by atoms with E-state index < -0.39 is 0 Å². The molecule has 0 saturated heterocycles. The van der Waals surface area contributed by atoms with Crippen LogP contribution in [0.3, 0.4) is 0 Å². The molecule has 1 aromatic heterocycles. The third-order valence-electron chi connectivity index (χ3n) is 5.03. The first-order chi connectivity index (χ1) is 12.8. The van der Waals surface area contributed by atoms with Crippen LogP contribution in [0.1, 0.15) is 65.0 Å². The Balaban J connectivity index is 1.81. The van der Waals surface area contributed by atoms with Gasteiger partial charge in [0.2, 0.25) is 5.91 Å². The number of Topliss-reactive ketones (excluding diaryl/α,β-unsaturated/α-hetero) is 1. The van der Waals surface area contributed by atoms with Crippen molar-refractivity contribution in [2.75, 3.05) is 0 Å². The third kappa shape index (κ3) is 4.40. The standard InChI is InChI=1S/C20H26N4O2S/c1-11-9-13(3)16(10-12(11)2)18(26)14(4)27-20-23-22-19(15-5-6-15)24(20)8-7-17(21)25/h9-10,14-15H,5-8H2,1-4H3,(H2,21,25)/t14-/m0/s1. The summed E-state index contributed by atoms with van der Waals surface area (Å²) in [4.78, 5) is 24.2. The van der Waals surface area contributed by atoms with Crippen molar-refractivity contribution in [1.82, 2.24) is 14.8 Å². The lowest BCUT2D eigenvalue weighted by Gasteiger charge is -2.15. The highest BCUT2D eigenvalue weighted by molar-refractivity contribution is 8.00. The van der Waals surface area contributed by atoms with Crippen molar-refractivity contribution >= 4 is 23.5 Å². The first kappa shape index (κ1) is 19.6. The van der Waals surface area contributed by atoms with E-state index in [4.69, 9.17) is 5.73 Å². The summed E-state index contributed by atoms with van der Waals surface area (Å²) < 4.78 is 1.96. The van der Waals surface area contributed by atoms with Gasteiger partial charge in [0.1, 0.15) is 5.82 Å². The Morgan fingerprint density at radius 2 is 1.85 bits per heavy atom. The Kier molecular flexibility index (Phi) is 5.69. The van der Waals surface area contributed by atoms with Crippen molar-refractivity contribution in [3.63, 3.8) is 0 Å². The molecule has 7 heteroatoms. The van der Waals surface area contributed by atoms with Gasteiger partial charge in [-0.05, 0) is 63.3 Å². The molecule has 1 aromatic carbocycles. The number of primary amides is 1. The van der Waals surface area contributed by atoms with Gasteiger partial charge >= 0.3 is 0 Å². The fraction of sp³-hybridized carbons (Fsp3) is 0.500. The largest absolute Gasteiger partial charge is 0.370 e. The first-order valence-corrected chi connectivity index (χ1v) is 10.2. The van der Waals surface area contributed by atoms with E-state index in [0.29, 0.717) is 17.6 Å². The fourth-order valence-electron chi connectivity index (χ4n) is 3.12. The number of hydrogen-bond acceptors (Lipinski definition) is 5. The molecule has 27 heavy (non-hydrogen) atoms. The maximum Gasteiger partial charge on any atom is 0.219 e. The number of rotatable bonds is 8. The Morgan fingerprint density at radius 3 is 2.48 bits per heavy atom. The average Bonchev–Trinajstić information content (AvgIpc) is 3.37. The maximum atomic E-state index is 13.0. The molecule has 0 aliphatic heterocycles. The van der Waals surface area contributed by atoms with Crippen LogP contribution >= 0.6 is 11.8 Å². The highest BCUT2D eigenvalue weighted by atomic mass is 32.2. The lowest BCUT2D eigenvalue weighted by Crippen LogP contribution is -2.18. The van der Waals surface area contributed by atoms with Crippen LogP contribution in [0.2, 0.25) is 0 Å². The lowest BCUT2D eigenvalue weighted by atomic mass is 9.97. The molecule has 0 bridgehead atoms. The Morgan fingerprint density at radius 1 is 1.19 bits per heavy atom. The second kappa shape index (κ2) is 7.84. The van der Waals surface area contributed by atoms with Gasteiger partial charge in [-0.15, -0.1) is 10.2 Å². The second-order valence-electron chi connectivity index (χ2n) is 7.36. The zero-order chi connectivity index (χ0) is 19.7. The van der Waals surface area contributed by atoms with Gasteiger partial charge in [-0.2, -0.15) is 0 Å². The normalized spacial score (nSPS) is 15.0. The van der Waals surface area contributed by atoms with E-state index >= 15 is 0 Å². The van der Waals surface area contributed by atoms with Crippen molar-refractivity contribution in [1.29, 1.82) is 0 Å². The number of aromatic nitrogens is 3. The van der Waals surface area contributed by atoms with Gasteiger partial charge in [-0.3, -0.25) is 9.59 Å². The molecule has 1 heterocycles. The average molecular weight is 387 g/mol. The molecule has 1 saturated carbocycles. The molecule has 0 spiro atoms. The predicted molar refractivity (Wildman–Crippen MR) is 106 cm³/mol. The number of aryl methyl sites for hydroxylation is 3. The molecule has 2 N–H and O–H groups in total. The van der Waals surface area contributed by atoms with E-state index in [1.165, 1.54) is 17.3 Å². The molecule has 2 aromatic rings. The van der Waals surface area contributed by atoms with E-state index in [2.05, 4.69) is 23.2 Å². The van der Waals surface area contributed by atoms with Crippen LogP contribution < -0.4 is 5.73 Å². The fourth-order valence-corrected chi connectivity index (χ4v) is 4.07. The van der Waals surface area contributed by atoms with Crippen LogP contribution in [0.25, 0.3) is 0 Å². The number of amides is 1. The molecular formula is C20H26N4O2S. The summed E-state index contributed by atoms with van der Waals surface area (Å²) in [5.74, 6) is 1.04. The lowest BCUT2D eigenvalue weighted by molar-refractivity contribution is -0.118. The Labute approximate surface area is 163 Å². The molecule has 1 aliphatic carbocycles. The number of hydrogen-bond donors (Lipinski definition) is 1. The summed E-state index contributed by atoms with van der Waals surface area (Å²) >= 11 is 1.40. The van der Waals surface area contributed by atoms with E-state index in [0.717, 1.165) is 35.4 Å². The quantitative estimate of drug-likeness (QED) is 0.555. The number of ketones is 1. The van der Waals surface area contributed by atoms with Crippen molar-refractivity contribution in [3.8, 4) is 0 Å². The number of thioether (sulfide) groups is 1.